The third kappa shape index (κ3) is 6.40. The van der Waals surface area contributed by atoms with Crippen molar-refractivity contribution in [3.63, 3.8) is 0 Å². The number of ether oxygens (including phenoxy) is 1. The molecule has 3 rings (SSSR count). The highest BCUT2D eigenvalue weighted by Crippen LogP contribution is 2.29. The summed E-state index contributed by atoms with van der Waals surface area (Å²) in [5, 5.41) is 22.4. The molecule has 3 aromatic rings. The molecule has 3 N–H and O–H groups in total. The monoisotopic (exact) mass is 642 g/mol. The molecule has 3 aromatic carbocycles. The smallest absolute Gasteiger partial charge is 0.335 e. The van der Waals surface area contributed by atoms with Gasteiger partial charge in [-0.2, -0.15) is 5.10 Å². The van der Waals surface area contributed by atoms with Gasteiger partial charge in [0.25, 0.3) is 5.91 Å². The summed E-state index contributed by atoms with van der Waals surface area (Å²) in [4.78, 5) is 23.0. The molecule has 0 aliphatic rings. The molecule has 0 radical (unpaired) electrons. The summed E-state index contributed by atoms with van der Waals surface area (Å²) >= 11 is 4.32. The molecule has 0 aliphatic heterocycles. The molecule has 1 amide bonds. The molecule has 0 aromatic heterocycles. The number of carbonyl (C=O) groups excluding carboxylic acids is 1. The Morgan fingerprint density at radius 1 is 1.00 bits per heavy atom. The molecule has 0 aliphatic carbocycles. The van der Waals surface area contributed by atoms with Gasteiger partial charge in [0.2, 0.25) is 0 Å². The standard InChI is InChI=1S/C22H16I2N2O5/c23-18-8-14(11-25-26-21(28)16-2-1-3-17(27)10-16)9-19(24)20(18)31-12-13-4-6-15(7-5-13)22(29)30/h1-11,27H,12H2,(H,26,28)(H,29,30)/b25-11+. The summed E-state index contributed by atoms with van der Waals surface area (Å²) in [6.07, 6.45) is 1.53. The summed E-state index contributed by atoms with van der Waals surface area (Å²) < 4.78 is 7.66. The number of carbonyl (C=O) groups is 2. The van der Waals surface area contributed by atoms with E-state index >= 15 is 0 Å². The van der Waals surface area contributed by atoms with Crippen molar-refractivity contribution in [2.45, 2.75) is 6.61 Å². The van der Waals surface area contributed by atoms with Crippen LogP contribution in [-0.4, -0.2) is 28.3 Å². The number of rotatable bonds is 7. The molecule has 0 unspecified atom stereocenters. The van der Waals surface area contributed by atoms with Crippen LogP contribution in [0.2, 0.25) is 0 Å². The number of phenolic OH excluding ortho intramolecular Hbond substituents is 1. The van der Waals surface area contributed by atoms with E-state index in [-0.39, 0.29) is 11.3 Å². The summed E-state index contributed by atoms with van der Waals surface area (Å²) in [5.74, 6) is -0.670. The van der Waals surface area contributed by atoms with E-state index in [4.69, 9.17) is 9.84 Å². The lowest BCUT2D eigenvalue weighted by atomic mass is 10.1. The van der Waals surface area contributed by atoms with Crippen LogP contribution >= 0.6 is 45.2 Å². The molecule has 0 saturated carbocycles. The zero-order valence-electron chi connectivity index (χ0n) is 15.9. The van der Waals surface area contributed by atoms with Crippen molar-refractivity contribution >= 4 is 63.3 Å². The van der Waals surface area contributed by atoms with Gasteiger partial charge in [0, 0.05) is 5.56 Å². The van der Waals surface area contributed by atoms with Gasteiger partial charge in [-0.15, -0.1) is 0 Å². The number of aromatic carboxylic acids is 1. The molecule has 0 heterocycles. The Balaban J connectivity index is 1.63. The van der Waals surface area contributed by atoms with Gasteiger partial charge < -0.3 is 14.9 Å². The van der Waals surface area contributed by atoms with E-state index in [0.717, 1.165) is 18.3 Å². The van der Waals surface area contributed by atoms with Gasteiger partial charge in [-0.05, 0) is 98.8 Å². The van der Waals surface area contributed by atoms with E-state index in [2.05, 4.69) is 55.7 Å². The van der Waals surface area contributed by atoms with Crippen molar-refractivity contribution in [2.75, 3.05) is 0 Å². The quantitative estimate of drug-likeness (QED) is 0.198. The summed E-state index contributed by atoms with van der Waals surface area (Å²) in [6.45, 7) is 0.305. The highest BCUT2D eigenvalue weighted by Gasteiger charge is 2.10. The minimum Gasteiger partial charge on any atom is -0.508 e. The number of carboxylic acids is 1. The van der Waals surface area contributed by atoms with Crippen molar-refractivity contribution in [1.29, 1.82) is 0 Å². The average molecular weight is 642 g/mol. The van der Waals surface area contributed by atoms with E-state index in [1.54, 1.807) is 36.4 Å². The van der Waals surface area contributed by atoms with Crippen molar-refractivity contribution in [2.24, 2.45) is 5.10 Å². The number of aromatic hydroxyl groups is 1. The van der Waals surface area contributed by atoms with E-state index < -0.39 is 11.9 Å². The first-order valence-electron chi connectivity index (χ1n) is 8.90. The SMILES string of the molecule is O=C(O)c1ccc(COc2c(I)cc(/C=N/NC(=O)c3cccc(O)c3)cc2I)cc1. The predicted molar refractivity (Wildman–Crippen MR) is 133 cm³/mol. The van der Waals surface area contributed by atoms with E-state index in [1.165, 1.54) is 18.3 Å². The maximum atomic E-state index is 12.1. The summed E-state index contributed by atoms with van der Waals surface area (Å²) in [7, 11) is 0. The molecule has 0 fully saturated rings. The molecular formula is C22H16I2N2O5. The number of hydrazone groups is 1. The first-order valence-corrected chi connectivity index (χ1v) is 11.1. The number of carboxylic acid groups (broad SMARTS) is 1. The van der Waals surface area contributed by atoms with Gasteiger partial charge in [0.15, 0.2) is 0 Å². The lowest BCUT2D eigenvalue weighted by Gasteiger charge is -2.11. The Bertz CT molecular complexity index is 1120. The highest BCUT2D eigenvalue weighted by molar-refractivity contribution is 14.1. The molecule has 0 saturated heterocycles. The first-order chi connectivity index (χ1) is 14.8. The van der Waals surface area contributed by atoms with Gasteiger partial charge >= 0.3 is 5.97 Å². The lowest BCUT2D eigenvalue weighted by molar-refractivity contribution is 0.0696. The minimum absolute atomic E-state index is 0.00848. The van der Waals surface area contributed by atoms with Crippen molar-refractivity contribution < 1.29 is 24.5 Å². The molecular weight excluding hydrogens is 626 g/mol. The second-order valence-corrected chi connectivity index (χ2v) is 8.68. The van der Waals surface area contributed by atoms with Crippen LogP contribution in [-0.2, 0) is 6.61 Å². The van der Waals surface area contributed by atoms with Crippen LogP contribution in [0.3, 0.4) is 0 Å². The Hall–Kier alpha value is -2.67. The molecule has 158 valence electrons. The number of nitrogens with one attached hydrogen (secondary N) is 1. The lowest BCUT2D eigenvalue weighted by Crippen LogP contribution is -2.17. The summed E-state index contributed by atoms with van der Waals surface area (Å²) in [5.41, 5.74) is 4.60. The van der Waals surface area contributed by atoms with Crippen molar-refractivity contribution in [3.8, 4) is 11.5 Å². The first kappa shape index (κ1) is 23.0. The number of benzene rings is 3. The Morgan fingerprint density at radius 2 is 1.68 bits per heavy atom. The van der Waals surface area contributed by atoms with Crippen molar-refractivity contribution in [1.82, 2.24) is 5.43 Å². The number of nitrogens with zero attached hydrogens (tertiary/aromatic N) is 1. The van der Waals surface area contributed by atoms with Gasteiger partial charge in [0.05, 0.1) is 18.9 Å². The number of amides is 1. The zero-order valence-corrected chi connectivity index (χ0v) is 20.2. The van der Waals surface area contributed by atoms with Crippen LogP contribution < -0.4 is 10.2 Å². The highest BCUT2D eigenvalue weighted by atomic mass is 127. The summed E-state index contributed by atoms with van der Waals surface area (Å²) in [6, 6.07) is 16.3. The third-order valence-corrected chi connectivity index (χ3v) is 5.70. The second-order valence-electron chi connectivity index (χ2n) is 6.35. The maximum Gasteiger partial charge on any atom is 0.335 e. The average Bonchev–Trinajstić information content (AvgIpc) is 2.73. The van der Waals surface area contributed by atoms with E-state index in [1.807, 2.05) is 12.1 Å². The maximum absolute atomic E-state index is 12.1. The number of hydrogen-bond acceptors (Lipinski definition) is 5. The van der Waals surface area contributed by atoms with Gasteiger partial charge in [-0.1, -0.05) is 18.2 Å². The molecule has 0 spiro atoms. The topological polar surface area (TPSA) is 108 Å². The molecule has 7 nitrogen and oxygen atoms in total. The number of phenols is 1. The molecule has 0 bridgehead atoms. The van der Waals surface area contributed by atoms with Gasteiger partial charge in [-0.3, -0.25) is 4.79 Å². The van der Waals surface area contributed by atoms with Crippen LogP contribution in [0.15, 0.2) is 65.8 Å². The van der Waals surface area contributed by atoms with Crippen LogP contribution in [0.1, 0.15) is 31.8 Å². The molecule has 0 atom stereocenters. The fourth-order valence-electron chi connectivity index (χ4n) is 2.57. The Labute approximate surface area is 205 Å². The minimum atomic E-state index is -0.966. The third-order valence-electron chi connectivity index (χ3n) is 4.09. The van der Waals surface area contributed by atoms with Crippen LogP contribution in [0.4, 0.5) is 0 Å². The van der Waals surface area contributed by atoms with Crippen LogP contribution in [0.25, 0.3) is 0 Å². The molecule has 31 heavy (non-hydrogen) atoms. The molecule has 9 heteroatoms. The van der Waals surface area contributed by atoms with E-state index in [0.29, 0.717) is 17.9 Å². The normalized spacial score (nSPS) is 10.8. The number of halogens is 2. The van der Waals surface area contributed by atoms with Gasteiger partial charge in [-0.25, -0.2) is 10.2 Å². The fraction of sp³-hybridized carbons (Fsp3) is 0.0455. The van der Waals surface area contributed by atoms with Crippen LogP contribution in [0.5, 0.6) is 11.5 Å². The second kappa shape index (κ2) is 10.6. The Morgan fingerprint density at radius 3 is 2.29 bits per heavy atom. The fourth-order valence-corrected chi connectivity index (χ4v) is 4.70. The number of hydrogen-bond donors (Lipinski definition) is 3. The largest absolute Gasteiger partial charge is 0.508 e. The Kier molecular flexibility index (Phi) is 7.85. The zero-order chi connectivity index (χ0) is 22.4. The van der Waals surface area contributed by atoms with Gasteiger partial charge in [0.1, 0.15) is 18.1 Å². The van der Waals surface area contributed by atoms with E-state index in [9.17, 15) is 14.7 Å². The predicted octanol–water partition coefficient (Wildman–Crippen LogP) is 4.64. The van der Waals surface area contributed by atoms with Crippen LogP contribution in [0, 0.1) is 7.14 Å². The van der Waals surface area contributed by atoms with Crippen molar-refractivity contribution in [3.05, 3.63) is 90.1 Å².